The van der Waals surface area contributed by atoms with Gasteiger partial charge in [0.05, 0.1) is 28.4 Å². The standard InChI is InChI=1S/C26H31N3O11/c1-5-39-24(33)17(10-15-6-8-21(30)19(12-15)28(35)36)14-23(32)18(27-25(34)40-26(2,3)4)11-16-7-9-22(31)20(13-16)29(37)38/h6-9,12-13,17-18,30-31H,5,10-11,14H2,1-4H3,(H,27,34)/t17-,18+/m1/s1. The largest absolute Gasteiger partial charge is 0.502 e. The number of Topliss-reactive ketones (excluding diaryl/α,β-unsaturated/α-hetero) is 1. The van der Waals surface area contributed by atoms with Crippen molar-refractivity contribution in [3.05, 3.63) is 67.8 Å². The number of hydrogen-bond acceptors (Lipinski definition) is 11. The van der Waals surface area contributed by atoms with E-state index >= 15 is 0 Å². The van der Waals surface area contributed by atoms with E-state index in [1.54, 1.807) is 27.7 Å². The highest BCUT2D eigenvalue weighted by atomic mass is 16.6. The van der Waals surface area contributed by atoms with Crippen LogP contribution in [0.3, 0.4) is 0 Å². The molecule has 0 aliphatic carbocycles. The van der Waals surface area contributed by atoms with Crippen molar-refractivity contribution in [1.29, 1.82) is 0 Å². The summed E-state index contributed by atoms with van der Waals surface area (Å²) in [6, 6.07) is 5.74. The summed E-state index contributed by atoms with van der Waals surface area (Å²) in [4.78, 5) is 59.6. The third kappa shape index (κ3) is 9.22. The predicted octanol–water partition coefficient (Wildman–Crippen LogP) is 3.73. The number of alkyl carbamates (subject to hydrolysis) is 1. The average Bonchev–Trinajstić information content (AvgIpc) is 2.84. The first-order chi connectivity index (χ1) is 18.6. The number of nitro groups is 2. The van der Waals surface area contributed by atoms with Gasteiger partial charge in [0.25, 0.3) is 0 Å². The summed E-state index contributed by atoms with van der Waals surface area (Å²) in [5.74, 6) is -3.67. The first-order valence-corrected chi connectivity index (χ1v) is 12.2. The van der Waals surface area contributed by atoms with Gasteiger partial charge in [-0.15, -0.1) is 0 Å². The molecule has 0 radical (unpaired) electrons. The molecular formula is C26H31N3O11. The smallest absolute Gasteiger partial charge is 0.408 e. The number of nitrogens with one attached hydrogen (secondary N) is 1. The predicted molar refractivity (Wildman–Crippen MR) is 140 cm³/mol. The highest BCUT2D eigenvalue weighted by Crippen LogP contribution is 2.29. The Balaban J connectivity index is 2.39. The van der Waals surface area contributed by atoms with Crippen LogP contribution in [-0.2, 0) is 31.9 Å². The minimum atomic E-state index is -1.30. The molecule has 14 nitrogen and oxygen atoms in total. The molecule has 0 aliphatic rings. The molecule has 0 aromatic heterocycles. The van der Waals surface area contributed by atoms with Gasteiger partial charge in [0, 0.05) is 25.0 Å². The SMILES string of the molecule is CCOC(=O)[C@@H](CC(=O)[C@H](Cc1ccc(O)c([N+](=O)[O-])c1)NC(=O)OC(C)(C)C)Cc1ccc(O)c([N+](=O)[O-])c1. The molecule has 3 N–H and O–H groups in total. The molecule has 216 valence electrons. The van der Waals surface area contributed by atoms with E-state index in [1.807, 2.05) is 0 Å². The number of hydrogen-bond donors (Lipinski definition) is 3. The minimum Gasteiger partial charge on any atom is -0.502 e. The molecule has 2 aromatic carbocycles. The molecule has 0 spiro atoms. The maximum atomic E-state index is 13.5. The minimum absolute atomic E-state index is 0.00396. The van der Waals surface area contributed by atoms with Crippen LogP contribution < -0.4 is 5.32 Å². The molecule has 1 amide bonds. The zero-order valence-corrected chi connectivity index (χ0v) is 22.4. The summed E-state index contributed by atoms with van der Waals surface area (Å²) in [6.07, 6.45) is -1.80. The molecule has 2 atom stereocenters. The van der Waals surface area contributed by atoms with Gasteiger partial charge < -0.3 is 25.0 Å². The molecule has 0 saturated carbocycles. The fourth-order valence-corrected chi connectivity index (χ4v) is 3.78. The Morgan fingerprint density at radius 2 is 1.43 bits per heavy atom. The topological polar surface area (TPSA) is 208 Å². The van der Waals surface area contributed by atoms with Crippen molar-refractivity contribution in [2.24, 2.45) is 5.92 Å². The normalized spacial score (nSPS) is 12.6. The summed E-state index contributed by atoms with van der Waals surface area (Å²) >= 11 is 0. The van der Waals surface area contributed by atoms with Gasteiger partial charge in [0.2, 0.25) is 0 Å². The summed E-state index contributed by atoms with van der Waals surface area (Å²) in [5.41, 5.74) is -1.57. The van der Waals surface area contributed by atoms with E-state index in [9.17, 15) is 44.8 Å². The van der Waals surface area contributed by atoms with Gasteiger partial charge in [-0.25, -0.2) is 4.79 Å². The van der Waals surface area contributed by atoms with Crippen molar-refractivity contribution >= 4 is 29.2 Å². The van der Waals surface area contributed by atoms with Crippen molar-refractivity contribution in [2.45, 2.75) is 58.6 Å². The number of benzene rings is 2. The maximum absolute atomic E-state index is 13.5. The molecule has 2 aromatic rings. The van der Waals surface area contributed by atoms with Crippen molar-refractivity contribution < 1.29 is 43.9 Å². The molecule has 0 saturated heterocycles. The quantitative estimate of drug-likeness (QED) is 0.193. The summed E-state index contributed by atoms with van der Waals surface area (Å²) in [6.45, 7) is 6.39. The van der Waals surface area contributed by atoms with Crippen molar-refractivity contribution in [2.75, 3.05) is 6.61 Å². The lowest BCUT2D eigenvalue weighted by Gasteiger charge is -2.24. The second-order valence-corrected chi connectivity index (χ2v) is 9.89. The first-order valence-electron chi connectivity index (χ1n) is 12.2. The fourth-order valence-electron chi connectivity index (χ4n) is 3.78. The Morgan fingerprint density at radius 3 is 1.88 bits per heavy atom. The number of ether oxygens (including phenoxy) is 2. The molecule has 0 aliphatic heterocycles. The lowest BCUT2D eigenvalue weighted by Crippen LogP contribution is -2.45. The van der Waals surface area contributed by atoms with Crippen LogP contribution in [0.5, 0.6) is 11.5 Å². The van der Waals surface area contributed by atoms with Crippen LogP contribution in [0.25, 0.3) is 0 Å². The Labute approximate surface area is 229 Å². The highest BCUT2D eigenvalue weighted by Gasteiger charge is 2.31. The lowest BCUT2D eigenvalue weighted by molar-refractivity contribution is -0.386. The molecule has 0 heterocycles. The molecule has 0 unspecified atom stereocenters. The van der Waals surface area contributed by atoms with Gasteiger partial charge in [0.1, 0.15) is 5.60 Å². The van der Waals surface area contributed by atoms with Gasteiger partial charge in [-0.2, -0.15) is 0 Å². The van der Waals surface area contributed by atoms with Gasteiger partial charge in [-0.3, -0.25) is 29.8 Å². The third-order valence-corrected chi connectivity index (χ3v) is 5.54. The van der Waals surface area contributed by atoms with E-state index in [0.29, 0.717) is 0 Å². The van der Waals surface area contributed by atoms with E-state index in [-0.39, 0.29) is 30.6 Å². The summed E-state index contributed by atoms with van der Waals surface area (Å²) in [5, 5.41) is 44.4. The van der Waals surface area contributed by atoms with E-state index in [1.165, 1.54) is 12.1 Å². The van der Waals surface area contributed by atoms with Crippen LogP contribution >= 0.6 is 0 Å². The lowest BCUT2D eigenvalue weighted by atomic mass is 9.90. The number of rotatable bonds is 12. The number of carbonyl (C=O) groups excluding carboxylic acids is 3. The van der Waals surface area contributed by atoms with Gasteiger partial charge in [-0.05, 0) is 57.4 Å². The van der Waals surface area contributed by atoms with Crippen molar-refractivity contribution in [3.63, 3.8) is 0 Å². The fraction of sp³-hybridized carbons (Fsp3) is 0.423. The summed E-state index contributed by atoms with van der Waals surface area (Å²) < 4.78 is 10.3. The number of esters is 1. The summed E-state index contributed by atoms with van der Waals surface area (Å²) in [7, 11) is 0. The molecule has 0 bridgehead atoms. The number of nitrogens with zero attached hydrogens (tertiary/aromatic N) is 2. The second kappa shape index (κ2) is 13.4. The van der Waals surface area contributed by atoms with Gasteiger partial charge in [0.15, 0.2) is 17.3 Å². The van der Waals surface area contributed by atoms with E-state index in [0.717, 1.165) is 24.3 Å². The van der Waals surface area contributed by atoms with E-state index < -0.39 is 74.5 Å². The number of aromatic hydroxyl groups is 2. The zero-order chi connectivity index (χ0) is 30.2. The zero-order valence-electron chi connectivity index (χ0n) is 22.4. The Hall–Kier alpha value is -4.75. The molecule has 0 fully saturated rings. The monoisotopic (exact) mass is 561 g/mol. The van der Waals surface area contributed by atoms with Gasteiger partial charge in [-0.1, -0.05) is 12.1 Å². The van der Waals surface area contributed by atoms with E-state index in [2.05, 4.69) is 5.32 Å². The van der Waals surface area contributed by atoms with E-state index in [4.69, 9.17) is 9.47 Å². The van der Waals surface area contributed by atoms with Crippen LogP contribution in [0.1, 0.15) is 45.2 Å². The van der Waals surface area contributed by atoms with Crippen LogP contribution in [0.15, 0.2) is 36.4 Å². The number of phenols is 2. The third-order valence-electron chi connectivity index (χ3n) is 5.54. The Bertz CT molecular complexity index is 1290. The van der Waals surface area contributed by atoms with Crippen LogP contribution in [0.2, 0.25) is 0 Å². The number of amides is 1. The number of carbonyl (C=O) groups is 3. The second-order valence-electron chi connectivity index (χ2n) is 9.89. The molecular weight excluding hydrogens is 530 g/mol. The Morgan fingerprint density at radius 1 is 0.925 bits per heavy atom. The molecule has 40 heavy (non-hydrogen) atoms. The highest BCUT2D eigenvalue weighted by molar-refractivity contribution is 5.91. The van der Waals surface area contributed by atoms with Crippen molar-refractivity contribution in [3.8, 4) is 11.5 Å². The average molecular weight is 562 g/mol. The maximum Gasteiger partial charge on any atom is 0.408 e. The van der Waals surface area contributed by atoms with Crippen LogP contribution in [0, 0.1) is 26.1 Å². The number of nitro benzene ring substituents is 2. The molecule has 2 rings (SSSR count). The number of phenolic OH excluding ortho intramolecular Hbond substituents is 2. The van der Waals surface area contributed by atoms with Gasteiger partial charge >= 0.3 is 23.4 Å². The number of ketones is 1. The van der Waals surface area contributed by atoms with Crippen molar-refractivity contribution in [1.82, 2.24) is 5.32 Å². The van der Waals surface area contributed by atoms with Crippen LogP contribution in [-0.4, -0.2) is 56.2 Å². The first kappa shape index (κ1) is 31.5. The molecule has 14 heteroatoms. The van der Waals surface area contributed by atoms with Crippen LogP contribution in [0.4, 0.5) is 16.2 Å². The Kier molecular flexibility index (Phi) is 10.5.